The number of sulfonamides is 1. The number of nitrogens with zero attached hydrogens (tertiary/aromatic N) is 5. The van der Waals surface area contributed by atoms with E-state index in [9.17, 15) is 13.2 Å². The van der Waals surface area contributed by atoms with E-state index in [1.807, 2.05) is 6.92 Å². The van der Waals surface area contributed by atoms with Gasteiger partial charge in [0.25, 0.3) is 0 Å². The van der Waals surface area contributed by atoms with E-state index in [2.05, 4.69) is 25.1 Å². The molecule has 9 nitrogen and oxygen atoms in total. The molecule has 1 aromatic heterocycles. The number of hydrogen-bond acceptors (Lipinski definition) is 7. The van der Waals surface area contributed by atoms with Crippen LogP contribution in [0.15, 0.2) is 47.6 Å². The maximum Gasteiger partial charge on any atom is 0.243 e. The monoisotopic (exact) mass is 458 g/mol. The number of benzene rings is 1. The van der Waals surface area contributed by atoms with Crippen molar-refractivity contribution in [1.82, 2.24) is 19.2 Å². The Kier molecular flexibility index (Phi) is 7.02. The molecule has 0 bridgehead atoms. The van der Waals surface area contributed by atoms with Gasteiger partial charge in [-0.05, 0) is 44.0 Å². The van der Waals surface area contributed by atoms with Crippen LogP contribution in [0.4, 0.5) is 11.6 Å². The average molecular weight is 459 g/mol. The van der Waals surface area contributed by atoms with Gasteiger partial charge in [0.15, 0.2) is 0 Å². The summed E-state index contributed by atoms with van der Waals surface area (Å²) in [4.78, 5) is 25.9. The van der Waals surface area contributed by atoms with Crippen LogP contribution in [0.3, 0.4) is 0 Å². The first-order valence-electron chi connectivity index (χ1n) is 11.1. The minimum Gasteiger partial charge on any atom is -0.338 e. The van der Waals surface area contributed by atoms with Crippen molar-refractivity contribution in [3.63, 3.8) is 0 Å². The summed E-state index contributed by atoms with van der Waals surface area (Å²) in [5, 5.41) is 2.90. The molecule has 32 heavy (non-hydrogen) atoms. The van der Waals surface area contributed by atoms with Crippen molar-refractivity contribution in [1.29, 1.82) is 0 Å². The fourth-order valence-corrected chi connectivity index (χ4v) is 5.73. The molecule has 2 aliphatic rings. The van der Waals surface area contributed by atoms with E-state index in [0.29, 0.717) is 24.7 Å². The molecule has 10 heteroatoms. The zero-order valence-electron chi connectivity index (χ0n) is 18.4. The number of amides is 1. The van der Waals surface area contributed by atoms with Crippen LogP contribution in [0.1, 0.15) is 26.2 Å². The molecule has 1 amide bonds. The van der Waals surface area contributed by atoms with Gasteiger partial charge < -0.3 is 10.2 Å². The maximum atomic E-state index is 12.9. The Morgan fingerprint density at radius 3 is 2.34 bits per heavy atom. The van der Waals surface area contributed by atoms with E-state index in [4.69, 9.17) is 0 Å². The normalized spacial score (nSPS) is 19.5. The van der Waals surface area contributed by atoms with Crippen LogP contribution in [0.25, 0.3) is 0 Å². The Labute approximate surface area is 189 Å². The number of piperidine rings is 1. The molecule has 2 fully saturated rings. The SMILES string of the molecule is C[C@@H](C(=O)Nc1cccc(S(=O)(=O)N2CCCCC2)c1)N1CCN(c2ncccn2)CC1. The zero-order valence-corrected chi connectivity index (χ0v) is 19.2. The van der Waals surface area contributed by atoms with Gasteiger partial charge in [0.2, 0.25) is 21.9 Å². The van der Waals surface area contributed by atoms with Gasteiger partial charge in [0.05, 0.1) is 10.9 Å². The highest BCUT2D eigenvalue weighted by Crippen LogP contribution is 2.23. The summed E-state index contributed by atoms with van der Waals surface area (Å²) in [7, 11) is -3.54. The van der Waals surface area contributed by atoms with E-state index in [1.54, 1.807) is 42.7 Å². The van der Waals surface area contributed by atoms with Crippen LogP contribution in [-0.4, -0.2) is 78.8 Å². The quantitative estimate of drug-likeness (QED) is 0.705. The Balaban J connectivity index is 1.36. The molecule has 0 unspecified atom stereocenters. The third-order valence-corrected chi connectivity index (χ3v) is 8.03. The summed E-state index contributed by atoms with van der Waals surface area (Å²) in [6.07, 6.45) is 6.29. The molecule has 1 atom stereocenters. The van der Waals surface area contributed by atoms with E-state index >= 15 is 0 Å². The van der Waals surface area contributed by atoms with Gasteiger partial charge in [-0.15, -0.1) is 0 Å². The fourth-order valence-electron chi connectivity index (χ4n) is 4.16. The highest BCUT2D eigenvalue weighted by Gasteiger charge is 2.28. The molecule has 3 heterocycles. The van der Waals surface area contributed by atoms with Crippen molar-refractivity contribution < 1.29 is 13.2 Å². The summed E-state index contributed by atoms with van der Waals surface area (Å²) in [6, 6.07) is 8.00. The minimum atomic E-state index is -3.54. The highest BCUT2D eigenvalue weighted by molar-refractivity contribution is 7.89. The van der Waals surface area contributed by atoms with Gasteiger partial charge >= 0.3 is 0 Å². The average Bonchev–Trinajstić information content (AvgIpc) is 2.85. The molecule has 2 aromatic rings. The molecule has 4 rings (SSSR count). The van der Waals surface area contributed by atoms with Crippen molar-refractivity contribution in [2.45, 2.75) is 37.1 Å². The van der Waals surface area contributed by atoms with Crippen molar-refractivity contribution in [2.24, 2.45) is 0 Å². The van der Waals surface area contributed by atoms with Crippen LogP contribution in [0.5, 0.6) is 0 Å². The lowest BCUT2D eigenvalue weighted by molar-refractivity contribution is -0.120. The number of carbonyl (C=O) groups is 1. The van der Waals surface area contributed by atoms with Gasteiger partial charge in [0.1, 0.15) is 0 Å². The molecule has 0 spiro atoms. The third-order valence-electron chi connectivity index (χ3n) is 6.13. The molecule has 2 aliphatic heterocycles. The summed E-state index contributed by atoms with van der Waals surface area (Å²) in [5.41, 5.74) is 0.497. The topological polar surface area (TPSA) is 98.7 Å². The van der Waals surface area contributed by atoms with E-state index in [-0.39, 0.29) is 16.8 Å². The third kappa shape index (κ3) is 5.08. The lowest BCUT2D eigenvalue weighted by Crippen LogP contribution is -2.53. The standard InChI is InChI=1S/C22H30N6O3S/c1-18(26-13-15-27(16-14-26)22-23-9-6-10-24-22)21(29)25-19-7-5-8-20(17-19)32(30,31)28-11-3-2-4-12-28/h5-10,17-18H,2-4,11-16H2,1H3,(H,25,29)/t18-/m0/s1. The Morgan fingerprint density at radius 1 is 0.969 bits per heavy atom. The van der Waals surface area contributed by atoms with Gasteiger partial charge in [-0.25, -0.2) is 18.4 Å². The van der Waals surface area contributed by atoms with E-state index < -0.39 is 10.0 Å². The lowest BCUT2D eigenvalue weighted by atomic mass is 10.2. The first-order valence-corrected chi connectivity index (χ1v) is 12.6. The highest BCUT2D eigenvalue weighted by atomic mass is 32.2. The number of anilines is 2. The molecule has 0 saturated carbocycles. The van der Waals surface area contributed by atoms with Crippen LogP contribution >= 0.6 is 0 Å². The number of carbonyl (C=O) groups excluding carboxylic acids is 1. The molecule has 172 valence electrons. The Hall–Kier alpha value is -2.56. The van der Waals surface area contributed by atoms with Gasteiger partial charge in [-0.1, -0.05) is 12.5 Å². The summed E-state index contributed by atoms with van der Waals surface area (Å²) in [6.45, 7) is 5.90. The summed E-state index contributed by atoms with van der Waals surface area (Å²) in [5.74, 6) is 0.554. The molecule has 2 saturated heterocycles. The second-order valence-electron chi connectivity index (χ2n) is 8.23. The van der Waals surface area contributed by atoms with Gasteiger partial charge in [-0.2, -0.15) is 4.31 Å². The second kappa shape index (κ2) is 9.93. The van der Waals surface area contributed by atoms with Crippen molar-refractivity contribution in [3.05, 3.63) is 42.7 Å². The lowest BCUT2D eigenvalue weighted by Gasteiger charge is -2.37. The maximum absolute atomic E-state index is 12.9. The number of piperazine rings is 1. The predicted octanol–water partition coefficient (Wildman–Crippen LogP) is 1.80. The van der Waals surface area contributed by atoms with Gasteiger partial charge in [-0.3, -0.25) is 9.69 Å². The zero-order chi connectivity index (χ0) is 22.6. The summed E-state index contributed by atoms with van der Waals surface area (Å²) >= 11 is 0. The van der Waals surface area contributed by atoms with Crippen molar-refractivity contribution in [2.75, 3.05) is 49.5 Å². The molecule has 1 N–H and O–H groups in total. The molecule has 1 aromatic carbocycles. The van der Waals surface area contributed by atoms with Crippen LogP contribution in [-0.2, 0) is 14.8 Å². The first kappa shape index (κ1) is 22.6. The number of rotatable bonds is 6. The minimum absolute atomic E-state index is 0.151. The van der Waals surface area contributed by atoms with Crippen LogP contribution < -0.4 is 10.2 Å². The largest absolute Gasteiger partial charge is 0.338 e. The van der Waals surface area contributed by atoms with Crippen LogP contribution in [0.2, 0.25) is 0 Å². The molecule has 0 radical (unpaired) electrons. The number of nitrogens with one attached hydrogen (secondary N) is 1. The summed E-state index contributed by atoms with van der Waals surface area (Å²) < 4.78 is 27.4. The van der Waals surface area contributed by atoms with Crippen molar-refractivity contribution >= 4 is 27.6 Å². The van der Waals surface area contributed by atoms with Crippen molar-refractivity contribution in [3.8, 4) is 0 Å². The molecular weight excluding hydrogens is 428 g/mol. The second-order valence-corrected chi connectivity index (χ2v) is 10.2. The smallest absolute Gasteiger partial charge is 0.243 e. The number of aromatic nitrogens is 2. The Bertz CT molecular complexity index is 1020. The molecule has 0 aliphatic carbocycles. The van der Waals surface area contributed by atoms with E-state index in [0.717, 1.165) is 45.4 Å². The molecular formula is C22H30N6O3S. The van der Waals surface area contributed by atoms with Crippen LogP contribution in [0, 0.1) is 0 Å². The van der Waals surface area contributed by atoms with E-state index in [1.165, 1.54) is 4.31 Å². The first-order chi connectivity index (χ1) is 15.4. The predicted molar refractivity (Wildman–Crippen MR) is 123 cm³/mol. The Morgan fingerprint density at radius 2 is 1.66 bits per heavy atom. The number of hydrogen-bond donors (Lipinski definition) is 1. The van der Waals surface area contributed by atoms with Gasteiger partial charge in [0, 0.05) is 57.3 Å². The fraction of sp³-hybridized carbons (Fsp3) is 0.500.